The second-order valence-electron chi connectivity index (χ2n) is 12.3. The molecule has 7 N–H and O–H groups in total. The third-order valence-corrected chi connectivity index (χ3v) is 9.94. The largest absolute Gasteiger partial charge is 1.00 e. The fourth-order valence-corrected chi connectivity index (χ4v) is 6.64. The number of nitrogens with zero attached hydrogens (tertiary/aromatic N) is 1. The van der Waals surface area contributed by atoms with Crippen molar-refractivity contribution in [3.8, 4) is 5.75 Å². The normalized spacial score (nSPS) is 23.4. The number of carbonyl (C=O) groups excluding carboxylic acids is 7. The molecule has 2 aromatic rings. The van der Waals surface area contributed by atoms with Gasteiger partial charge in [-0.1, -0.05) is 45.7 Å². The molecule has 1 aliphatic heterocycles. The third kappa shape index (κ3) is 14.2. The van der Waals surface area contributed by atoms with Crippen LogP contribution in [0.2, 0.25) is 0 Å². The summed E-state index contributed by atoms with van der Waals surface area (Å²) in [6.45, 7) is 4.50. The molecule has 0 aliphatic carbocycles. The van der Waals surface area contributed by atoms with Crippen LogP contribution in [0, 0.1) is 5.92 Å². The molecule has 2 heterocycles. The molecule has 288 valence electrons. The van der Waals surface area contributed by atoms with Crippen molar-refractivity contribution in [3.05, 3.63) is 52.0 Å². The van der Waals surface area contributed by atoms with E-state index in [0.29, 0.717) is 23.4 Å². The van der Waals surface area contributed by atoms with Gasteiger partial charge < -0.3 is 41.6 Å². The second kappa shape index (κ2) is 21.6. The van der Waals surface area contributed by atoms with Crippen LogP contribution in [0.3, 0.4) is 0 Å². The molecule has 6 atom stereocenters. The van der Waals surface area contributed by atoms with Gasteiger partial charge in [0.1, 0.15) is 28.9 Å². The Labute approximate surface area is 338 Å². The zero-order valence-electron chi connectivity index (χ0n) is 30.1. The van der Waals surface area contributed by atoms with Crippen LogP contribution in [0.4, 0.5) is 0 Å². The predicted octanol–water partition coefficient (Wildman–Crippen LogP) is -4.07. The first kappa shape index (κ1) is 45.9. The van der Waals surface area contributed by atoms with Crippen LogP contribution in [0.5, 0.6) is 5.75 Å². The Balaban J connectivity index is 0.0000101. The number of hydrogen-bond acceptors (Lipinski definition) is 13. The summed E-state index contributed by atoms with van der Waals surface area (Å²) in [7, 11) is -5.06. The van der Waals surface area contributed by atoms with Gasteiger partial charge in [-0.05, 0) is 42.5 Å². The van der Waals surface area contributed by atoms with Crippen molar-refractivity contribution < 1.29 is 81.2 Å². The maximum absolute atomic E-state index is 13.7. The first-order chi connectivity index (χ1) is 25.0. The quantitative estimate of drug-likeness (QED) is 0.0523. The number of aromatic nitrogens is 1. The summed E-state index contributed by atoms with van der Waals surface area (Å²) in [4.78, 5) is 95.8. The molecule has 6 amide bonds. The van der Waals surface area contributed by atoms with E-state index in [1.807, 2.05) is 0 Å². The van der Waals surface area contributed by atoms with Gasteiger partial charge >= 0.3 is 29.6 Å². The van der Waals surface area contributed by atoms with Gasteiger partial charge in [0.2, 0.25) is 35.8 Å². The Hall–Kier alpha value is -4.21. The van der Waals surface area contributed by atoms with Crippen LogP contribution < -0.4 is 61.5 Å². The Morgan fingerprint density at radius 3 is 2.26 bits per heavy atom. The molecule has 0 unspecified atom stereocenters. The zero-order chi connectivity index (χ0) is 39.3. The average Bonchev–Trinajstić information content (AvgIpc) is 3.58. The summed E-state index contributed by atoms with van der Waals surface area (Å²) < 4.78 is 34.8. The Morgan fingerprint density at radius 2 is 1.65 bits per heavy atom. The van der Waals surface area contributed by atoms with Gasteiger partial charge in [0, 0.05) is 18.0 Å². The number of Topliss-reactive ketones (excluding diaryl/α,β-unsaturated/α-hetero) is 1. The summed E-state index contributed by atoms with van der Waals surface area (Å²) in [6, 6.07) is -0.808. The summed E-state index contributed by atoms with van der Waals surface area (Å²) in [6.07, 6.45) is 3.22. The van der Waals surface area contributed by atoms with E-state index < -0.39 is 93.9 Å². The number of phenols is 1. The van der Waals surface area contributed by atoms with E-state index in [-0.39, 0.29) is 60.3 Å². The Bertz CT molecular complexity index is 1800. The van der Waals surface area contributed by atoms with E-state index in [4.69, 9.17) is 0 Å². The minimum Gasteiger partial charge on any atom is -0.748 e. The van der Waals surface area contributed by atoms with Crippen molar-refractivity contribution in [2.24, 2.45) is 5.92 Å². The van der Waals surface area contributed by atoms with E-state index in [9.17, 15) is 51.6 Å². The molecule has 2 bridgehead atoms. The number of nitrogens with one attached hydrogen (secondary N) is 6. The second-order valence-corrected chi connectivity index (χ2v) is 14.6. The summed E-state index contributed by atoms with van der Waals surface area (Å²) in [5, 5.41) is 25.9. The number of benzene rings is 1. The molecule has 0 saturated carbocycles. The fourth-order valence-electron chi connectivity index (χ4n) is 5.16. The topological polar surface area (TPSA) is 282 Å². The monoisotopic (exact) mass is 799 g/mol. The summed E-state index contributed by atoms with van der Waals surface area (Å²) in [5.74, 6) is -7.78. The van der Waals surface area contributed by atoms with Crippen LogP contribution >= 0.6 is 11.3 Å². The Kier molecular flexibility index (Phi) is 18.4. The van der Waals surface area contributed by atoms with Gasteiger partial charge in [-0.15, -0.1) is 11.3 Å². The predicted molar refractivity (Wildman–Crippen MR) is 190 cm³/mol. The van der Waals surface area contributed by atoms with Gasteiger partial charge in [-0.2, -0.15) is 0 Å². The van der Waals surface area contributed by atoms with E-state index in [1.54, 1.807) is 32.9 Å². The number of hydrogen-bond donors (Lipinski definition) is 7. The SMILES string of the molecule is CCC[C@@H]1NC(=O)[C@@H](NC=O)CNC(=O)[C@H](CS(=O)(=O)[O-])NC(=O)/C=C/c2csc(n2)[C@H](Cc2ccc(O)cc2)NC(=O)C(=O)[C@H]([C@@H](C)CC)NC1=O.[Na+]. The van der Waals surface area contributed by atoms with E-state index in [2.05, 4.69) is 36.9 Å². The third-order valence-electron chi connectivity index (χ3n) is 8.22. The minimum atomic E-state index is -5.06. The van der Waals surface area contributed by atoms with E-state index in [1.165, 1.54) is 23.6 Å². The molecular formula is C33H42N7NaO11S2. The number of amides is 6. The molecule has 54 heavy (non-hydrogen) atoms. The molecule has 21 heteroatoms. The van der Waals surface area contributed by atoms with Gasteiger partial charge in [0.25, 0.3) is 5.91 Å². The number of fused-ring (bicyclic) bond motifs is 2. The van der Waals surface area contributed by atoms with Crippen molar-refractivity contribution in [1.29, 1.82) is 0 Å². The summed E-state index contributed by atoms with van der Waals surface area (Å²) in [5.41, 5.74) is 0.857. The van der Waals surface area contributed by atoms with Gasteiger partial charge in [-0.25, -0.2) is 13.4 Å². The van der Waals surface area contributed by atoms with Crippen molar-refractivity contribution in [1.82, 2.24) is 36.9 Å². The first-order valence-electron chi connectivity index (χ1n) is 16.6. The first-order valence-corrected chi connectivity index (χ1v) is 19.1. The van der Waals surface area contributed by atoms with Crippen LogP contribution in [-0.4, -0.2) is 101 Å². The van der Waals surface area contributed by atoms with Crippen molar-refractivity contribution in [2.75, 3.05) is 12.3 Å². The van der Waals surface area contributed by atoms with E-state index in [0.717, 1.165) is 17.4 Å². The molecule has 0 radical (unpaired) electrons. The zero-order valence-corrected chi connectivity index (χ0v) is 33.8. The molecule has 18 nitrogen and oxygen atoms in total. The van der Waals surface area contributed by atoms with Crippen molar-refractivity contribution >= 4 is 69.3 Å². The number of ketones is 1. The molecule has 0 spiro atoms. The molecule has 0 saturated heterocycles. The van der Waals surface area contributed by atoms with Gasteiger partial charge in [-0.3, -0.25) is 33.6 Å². The van der Waals surface area contributed by atoms with Gasteiger partial charge in [0.15, 0.2) is 0 Å². The standard InChI is InChI=1S/C33H43N7O11S2.Na/c1-4-6-22-30(46)40-27(18(3)5-2)28(44)32(48)39-23(13-19-7-10-21(42)11-8-19)33-36-20(15-52-33)9-12-26(43)37-25(16-53(49,50)51)29(45)34-14-24(35-17-41)31(47)38-22;/h7-12,15,17-18,22-25,27,42H,4-6,13-14,16H2,1-3H3,(H,34,45)(H,35,41)(H,37,43)(H,38,47)(H,39,48)(H,40,46)(H,49,50,51);/q;+1/p-1/b12-9+;/t18-,22-,23-,24-,25-,27-;/m0./s1. The van der Waals surface area contributed by atoms with E-state index >= 15 is 0 Å². The number of thiazole rings is 1. The average molecular weight is 800 g/mol. The molecular weight excluding hydrogens is 758 g/mol. The maximum atomic E-state index is 13.7. The number of phenolic OH excluding ortho intramolecular Hbond substituents is 1. The molecule has 0 fully saturated rings. The number of carbonyl (C=O) groups is 7. The Morgan fingerprint density at radius 1 is 0.963 bits per heavy atom. The number of aromatic hydroxyl groups is 1. The fraction of sp³-hybridized carbons (Fsp3) is 0.455. The molecule has 1 aliphatic rings. The summed E-state index contributed by atoms with van der Waals surface area (Å²) >= 11 is 1.08. The van der Waals surface area contributed by atoms with Crippen LogP contribution in [0.15, 0.2) is 35.7 Å². The van der Waals surface area contributed by atoms with Crippen LogP contribution in [-0.2, 0) is 50.1 Å². The van der Waals surface area contributed by atoms with Crippen LogP contribution in [0.1, 0.15) is 62.3 Å². The van der Waals surface area contributed by atoms with Crippen LogP contribution in [0.25, 0.3) is 6.08 Å². The maximum Gasteiger partial charge on any atom is 1.00 e. The van der Waals surface area contributed by atoms with Crippen molar-refractivity contribution in [3.63, 3.8) is 0 Å². The van der Waals surface area contributed by atoms with Crippen molar-refractivity contribution in [2.45, 2.75) is 76.7 Å². The molecule has 3 rings (SSSR count). The molecule has 1 aromatic heterocycles. The number of rotatable bonds is 10. The minimum absolute atomic E-state index is 0. The smallest absolute Gasteiger partial charge is 0.748 e. The van der Waals surface area contributed by atoms with Gasteiger partial charge in [0.05, 0.1) is 33.6 Å². The molecule has 1 aromatic carbocycles.